The van der Waals surface area contributed by atoms with Gasteiger partial charge in [0, 0.05) is 10.2 Å². The van der Waals surface area contributed by atoms with Crippen molar-refractivity contribution < 1.29 is 14.3 Å². The average molecular weight is 556 g/mol. The van der Waals surface area contributed by atoms with E-state index in [1.54, 1.807) is 31.4 Å². The summed E-state index contributed by atoms with van der Waals surface area (Å²) in [7, 11) is 1.54. The molecule has 0 atom stereocenters. The number of nitrogens with one attached hydrogen (secondary N) is 1. The Kier molecular flexibility index (Phi) is 8.09. The van der Waals surface area contributed by atoms with Gasteiger partial charge in [0.1, 0.15) is 18.2 Å². The lowest BCUT2D eigenvalue weighted by molar-refractivity contribution is -0.112. The number of halogens is 2. The van der Waals surface area contributed by atoms with E-state index in [0.717, 1.165) is 15.6 Å². The van der Waals surface area contributed by atoms with Gasteiger partial charge < -0.3 is 14.8 Å². The molecule has 3 aromatic rings. The molecule has 0 unspecified atom stereocenters. The first-order valence-electron chi connectivity index (χ1n) is 9.64. The second kappa shape index (κ2) is 11.0. The monoisotopic (exact) mass is 554 g/mol. The molecule has 0 aliphatic carbocycles. The van der Waals surface area contributed by atoms with Crippen LogP contribution in [0, 0.1) is 18.3 Å². The number of amides is 1. The van der Waals surface area contributed by atoms with Crippen molar-refractivity contribution in [3.8, 4) is 17.6 Å². The minimum atomic E-state index is -0.496. The number of benzene rings is 3. The largest absolute Gasteiger partial charge is 0.493 e. The molecule has 1 N–H and O–H groups in total. The summed E-state index contributed by atoms with van der Waals surface area (Å²) in [6, 6.07) is 20.6. The van der Waals surface area contributed by atoms with Gasteiger partial charge in [0.25, 0.3) is 5.91 Å². The fraction of sp³-hybridized carbons (Fsp3) is 0.120. The molecule has 32 heavy (non-hydrogen) atoms. The molecule has 7 heteroatoms. The molecule has 3 aromatic carbocycles. The number of nitrogens with zero attached hydrogens (tertiary/aromatic N) is 1. The van der Waals surface area contributed by atoms with Crippen LogP contribution in [0.3, 0.4) is 0 Å². The maximum Gasteiger partial charge on any atom is 0.266 e. The van der Waals surface area contributed by atoms with Gasteiger partial charge in [0.2, 0.25) is 0 Å². The highest BCUT2D eigenvalue weighted by atomic mass is 79.9. The highest BCUT2D eigenvalue weighted by Crippen LogP contribution is 2.38. The lowest BCUT2D eigenvalue weighted by Gasteiger charge is -2.14. The van der Waals surface area contributed by atoms with Gasteiger partial charge in [-0.05, 0) is 76.5 Å². The summed E-state index contributed by atoms with van der Waals surface area (Å²) in [6.07, 6.45) is 1.51. The normalized spacial score (nSPS) is 10.9. The van der Waals surface area contributed by atoms with Gasteiger partial charge in [0.15, 0.2) is 11.5 Å². The van der Waals surface area contributed by atoms with E-state index in [1.165, 1.54) is 6.08 Å². The zero-order chi connectivity index (χ0) is 23.1. The molecular weight excluding hydrogens is 536 g/mol. The number of hydrogen-bond donors (Lipinski definition) is 1. The van der Waals surface area contributed by atoms with Gasteiger partial charge >= 0.3 is 0 Å². The van der Waals surface area contributed by atoms with Crippen molar-refractivity contribution >= 4 is 49.5 Å². The standard InChI is InChI=1S/C25H20Br2N2O3/c1-16-4-3-5-17(10-16)15-32-24-22(27)12-18(13-23(24)31-2)11-19(14-28)25(30)29-21-8-6-20(26)7-9-21/h3-13H,15H2,1-2H3,(H,29,30)/b19-11-. The third-order valence-electron chi connectivity index (χ3n) is 4.50. The summed E-state index contributed by atoms with van der Waals surface area (Å²) < 4.78 is 13.0. The Morgan fingerprint density at radius 1 is 1.12 bits per heavy atom. The first kappa shape index (κ1) is 23.6. The highest BCUT2D eigenvalue weighted by Gasteiger charge is 2.14. The SMILES string of the molecule is COc1cc(/C=C(/C#N)C(=O)Nc2ccc(Br)cc2)cc(Br)c1OCc1cccc(C)c1. The van der Waals surface area contributed by atoms with Crippen LogP contribution in [0.5, 0.6) is 11.5 Å². The minimum absolute atomic E-state index is 0.0321. The summed E-state index contributed by atoms with van der Waals surface area (Å²) >= 11 is 6.86. The first-order chi connectivity index (χ1) is 15.4. The second-order valence-electron chi connectivity index (χ2n) is 6.94. The highest BCUT2D eigenvalue weighted by molar-refractivity contribution is 9.10. The summed E-state index contributed by atoms with van der Waals surface area (Å²) in [4.78, 5) is 12.5. The van der Waals surface area contributed by atoms with E-state index in [-0.39, 0.29) is 5.57 Å². The van der Waals surface area contributed by atoms with Crippen molar-refractivity contribution in [3.63, 3.8) is 0 Å². The van der Waals surface area contributed by atoms with E-state index in [4.69, 9.17) is 9.47 Å². The van der Waals surface area contributed by atoms with Crippen molar-refractivity contribution in [2.45, 2.75) is 13.5 Å². The molecule has 0 saturated heterocycles. The van der Waals surface area contributed by atoms with Crippen molar-refractivity contribution in [3.05, 3.63) is 91.9 Å². The van der Waals surface area contributed by atoms with Crippen LogP contribution in [-0.2, 0) is 11.4 Å². The number of aryl methyl sites for hydroxylation is 1. The van der Waals surface area contributed by atoms with Crippen LogP contribution in [0.4, 0.5) is 5.69 Å². The summed E-state index contributed by atoms with van der Waals surface area (Å²) in [6.45, 7) is 2.41. The molecule has 162 valence electrons. The maximum absolute atomic E-state index is 12.5. The minimum Gasteiger partial charge on any atom is -0.493 e. The van der Waals surface area contributed by atoms with E-state index in [1.807, 2.05) is 43.3 Å². The molecule has 0 aromatic heterocycles. The fourth-order valence-corrected chi connectivity index (χ4v) is 3.81. The Morgan fingerprint density at radius 3 is 2.53 bits per heavy atom. The predicted octanol–water partition coefficient (Wildman–Crippen LogP) is 6.65. The third kappa shape index (κ3) is 6.22. The van der Waals surface area contributed by atoms with E-state index in [0.29, 0.717) is 33.8 Å². The Morgan fingerprint density at radius 2 is 1.88 bits per heavy atom. The first-order valence-corrected chi connectivity index (χ1v) is 11.2. The molecular formula is C25H20Br2N2O3. The zero-order valence-electron chi connectivity index (χ0n) is 17.5. The Labute approximate surface area is 203 Å². The van der Waals surface area contributed by atoms with Gasteiger partial charge in [-0.2, -0.15) is 5.26 Å². The van der Waals surface area contributed by atoms with Crippen molar-refractivity contribution in [1.82, 2.24) is 0 Å². The third-order valence-corrected chi connectivity index (χ3v) is 5.61. The number of anilines is 1. The average Bonchev–Trinajstić information content (AvgIpc) is 2.77. The molecule has 0 radical (unpaired) electrons. The summed E-state index contributed by atoms with van der Waals surface area (Å²) in [5.41, 5.74) is 3.38. The van der Waals surface area contributed by atoms with Crippen LogP contribution < -0.4 is 14.8 Å². The number of carbonyl (C=O) groups is 1. The fourth-order valence-electron chi connectivity index (χ4n) is 2.97. The van der Waals surface area contributed by atoms with Crippen molar-refractivity contribution in [1.29, 1.82) is 5.26 Å². The number of hydrogen-bond acceptors (Lipinski definition) is 4. The second-order valence-corrected chi connectivity index (χ2v) is 8.71. The van der Waals surface area contributed by atoms with Gasteiger partial charge in [-0.25, -0.2) is 0 Å². The summed E-state index contributed by atoms with van der Waals surface area (Å²) in [5.74, 6) is 0.539. The molecule has 5 nitrogen and oxygen atoms in total. The lowest BCUT2D eigenvalue weighted by atomic mass is 10.1. The predicted molar refractivity (Wildman–Crippen MR) is 133 cm³/mol. The molecule has 0 aliphatic heterocycles. The van der Waals surface area contributed by atoms with Crippen LogP contribution >= 0.6 is 31.9 Å². The van der Waals surface area contributed by atoms with Gasteiger partial charge in [-0.1, -0.05) is 45.8 Å². The molecule has 1 amide bonds. The van der Waals surface area contributed by atoms with Gasteiger partial charge in [0.05, 0.1) is 11.6 Å². The molecule has 3 rings (SSSR count). The van der Waals surface area contributed by atoms with Crippen molar-refractivity contribution in [2.75, 3.05) is 12.4 Å². The number of rotatable bonds is 7. The Bertz CT molecular complexity index is 1200. The molecule has 0 heterocycles. The molecule has 0 bridgehead atoms. The van der Waals surface area contributed by atoms with E-state index >= 15 is 0 Å². The molecule has 0 aliphatic rings. The molecule has 0 saturated carbocycles. The number of ether oxygens (including phenoxy) is 2. The lowest BCUT2D eigenvalue weighted by Crippen LogP contribution is -2.13. The van der Waals surface area contributed by atoms with Crippen LogP contribution in [0.15, 0.2) is 75.2 Å². The number of methoxy groups -OCH3 is 1. The van der Waals surface area contributed by atoms with Crippen LogP contribution in [0.2, 0.25) is 0 Å². The Hall–Kier alpha value is -3.08. The number of carbonyl (C=O) groups excluding carboxylic acids is 1. The van der Waals surface area contributed by atoms with E-state index in [2.05, 4.69) is 43.2 Å². The van der Waals surface area contributed by atoms with Gasteiger partial charge in [-0.15, -0.1) is 0 Å². The Balaban J connectivity index is 1.81. The smallest absolute Gasteiger partial charge is 0.266 e. The van der Waals surface area contributed by atoms with Crippen LogP contribution in [0.25, 0.3) is 6.08 Å². The molecule has 0 fully saturated rings. The zero-order valence-corrected chi connectivity index (χ0v) is 20.7. The number of nitriles is 1. The van der Waals surface area contributed by atoms with E-state index < -0.39 is 5.91 Å². The topological polar surface area (TPSA) is 71.3 Å². The maximum atomic E-state index is 12.5. The molecule has 0 spiro atoms. The van der Waals surface area contributed by atoms with Gasteiger partial charge in [-0.3, -0.25) is 4.79 Å². The summed E-state index contributed by atoms with van der Waals surface area (Å²) in [5, 5.41) is 12.2. The van der Waals surface area contributed by atoms with E-state index in [9.17, 15) is 10.1 Å². The van der Waals surface area contributed by atoms with Crippen molar-refractivity contribution in [2.24, 2.45) is 0 Å². The quantitative estimate of drug-likeness (QED) is 0.261. The van der Waals surface area contributed by atoms with Crippen LogP contribution in [0.1, 0.15) is 16.7 Å². The van der Waals surface area contributed by atoms with Crippen LogP contribution in [-0.4, -0.2) is 13.0 Å².